The van der Waals surface area contributed by atoms with Crippen molar-refractivity contribution in [3.8, 4) is 17.1 Å². The number of aromatic nitrogens is 2. The third-order valence-electron chi connectivity index (χ3n) is 3.08. The fourth-order valence-corrected chi connectivity index (χ4v) is 2.40. The Bertz CT molecular complexity index is 816. The second kappa shape index (κ2) is 5.47. The van der Waals surface area contributed by atoms with Crippen LogP contribution in [0.25, 0.3) is 22.2 Å². The molecule has 0 saturated carbocycles. The number of benzene rings is 2. The van der Waals surface area contributed by atoms with Crippen LogP contribution >= 0.6 is 23.2 Å². The van der Waals surface area contributed by atoms with Crippen molar-refractivity contribution < 1.29 is 9.13 Å². The van der Waals surface area contributed by atoms with Crippen molar-refractivity contribution in [1.82, 2.24) is 9.97 Å². The highest BCUT2D eigenvalue weighted by molar-refractivity contribution is 6.33. The highest BCUT2D eigenvalue weighted by atomic mass is 35.5. The van der Waals surface area contributed by atoms with Gasteiger partial charge in [-0.15, -0.1) is 0 Å². The molecule has 6 heteroatoms. The Hall–Kier alpha value is -1.91. The van der Waals surface area contributed by atoms with Gasteiger partial charge in [-0.3, -0.25) is 0 Å². The molecule has 0 aliphatic heterocycles. The normalized spacial score (nSPS) is 10.9. The molecule has 0 unspecified atom stereocenters. The first-order chi connectivity index (χ1) is 10.1. The minimum absolute atomic E-state index is 0.282. The van der Waals surface area contributed by atoms with E-state index in [0.717, 1.165) is 16.5 Å². The maximum Gasteiger partial charge on any atom is 0.197 e. The van der Waals surface area contributed by atoms with Crippen LogP contribution < -0.4 is 4.74 Å². The van der Waals surface area contributed by atoms with Crippen molar-refractivity contribution in [2.75, 3.05) is 7.11 Å². The molecule has 0 fully saturated rings. The van der Waals surface area contributed by atoms with Crippen LogP contribution in [0.2, 0.25) is 10.3 Å². The Kier molecular flexibility index (Phi) is 3.66. The monoisotopic (exact) mass is 322 g/mol. The molecule has 0 aliphatic rings. The van der Waals surface area contributed by atoms with Gasteiger partial charge >= 0.3 is 0 Å². The van der Waals surface area contributed by atoms with E-state index < -0.39 is 5.82 Å². The van der Waals surface area contributed by atoms with Gasteiger partial charge in [-0.05, 0) is 29.0 Å². The minimum atomic E-state index is -0.812. The molecule has 3 aromatic rings. The van der Waals surface area contributed by atoms with Crippen molar-refractivity contribution in [3.05, 3.63) is 52.5 Å². The van der Waals surface area contributed by atoms with Crippen molar-refractivity contribution in [2.45, 2.75) is 0 Å². The first kappa shape index (κ1) is 14.0. The van der Waals surface area contributed by atoms with Crippen LogP contribution in [-0.2, 0) is 0 Å². The van der Waals surface area contributed by atoms with Gasteiger partial charge in [-0.2, -0.15) is 0 Å². The van der Waals surface area contributed by atoms with Crippen LogP contribution in [0.15, 0.2) is 36.4 Å². The summed E-state index contributed by atoms with van der Waals surface area (Å²) in [6, 6.07) is 11.3. The highest BCUT2D eigenvalue weighted by Gasteiger charge is 2.12. The molecule has 3 nitrogen and oxygen atoms in total. The number of rotatable bonds is 2. The van der Waals surface area contributed by atoms with Crippen LogP contribution in [-0.4, -0.2) is 17.1 Å². The quantitative estimate of drug-likeness (QED) is 0.638. The number of ether oxygens (including phenoxy) is 1. The SMILES string of the molecule is COc1ccc2cc(-c3nc(Cl)c(F)c(Cl)n3)ccc2c1. The number of halogens is 3. The van der Waals surface area contributed by atoms with Gasteiger partial charge in [-0.25, -0.2) is 14.4 Å². The summed E-state index contributed by atoms with van der Waals surface area (Å²) in [6.45, 7) is 0. The lowest BCUT2D eigenvalue weighted by Gasteiger charge is -2.06. The molecule has 0 spiro atoms. The molecule has 106 valence electrons. The summed E-state index contributed by atoms with van der Waals surface area (Å²) in [5.41, 5.74) is 0.705. The zero-order valence-corrected chi connectivity index (χ0v) is 12.4. The van der Waals surface area contributed by atoms with Crippen LogP contribution in [0.1, 0.15) is 0 Å². The third kappa shape index (κ3) is 2.64. The molecular formula is C15H9Cl2FN2O. The molecule has 1 heterocycles. The number of hydrogen-bond donors (Lipinski definition) is 0. The molecular weight excluding hydrogens is 314 g/mol. The highest BCUT2D eigenvalue weighted by Crippen LogP contribution is 2.28. The summed E-state index contributed by atoms with van der Waals surface area (Å²) in [7, 11) is 1.62. The summed E-state index contributed by atoms with van der Waals surface area (Å²) >= 11 is 11.4. The second-order valence-electron chi connectivity index (χ2n) is 4.37. The Morgan fingerprint density at radius 1 is 0.952 bits per heavy atom. The van der Waals surface area contributed by atoms with Crippen molar-refractivity contribution in [1.29, 1.82) is 0 Å². The van der Waals surface area contributed by atoms with E-state index in [-0.39, 0.29) is 16.1 Å². The van der Waals surface area contributed by atoms with Crippen molar-refractivity contribution in [3.63, 3.8) is 0 Å². The summed E-state index contributed by atoms with van der Waals surface area (Å²) in [5.74, 6) is 0.246. The zero-order valence-electron chi connectivity index (χ0n) is 10.9. The van der Waals surface area contributed by atoms with Crippen molar-refractivity contribution in [2.24, 2.45) is 0 Å². The lowest BCUT2D eigenvalue weighted by atomic mass is 10.1. The molecule has 0 N–H and O–H groups in total. The average molecular weight is 323 g/mol. The van der Waals surface area contributed by atoms with E-state index >= 15 is 0 Å². The van der Waals surface area contributed by atoms with Gasteiger partial charge in [0.2, 0.25) is 0 Å². The molecule has 21 heavy (non-hydrogen) atoms. The fraction of sp³-hybridized carbons (Fsp3) is 0.0667. The summed E-state index contributed by atoms with van der Waals surface area (Å²) in [4.78, 5) is 7.83. The molecule has 0 atom stereocenters. The third-order valence-corrected chi connectivity index (χ3v) is 3.58. The Morgan fingerprint density at radius 3 is 2.24 bits per heavy atom. The predicted octanol–water partition coefficient (Wildman–Crippen LogP) is 4.75. The molecule has 2 aromatic carbocycles. The fourth-order valence-electron chi connectivity index (χ4n) is 2.01. The van der Waals surface area contributed by atoms with E-state index in [1.165, 1.54) is 0 Å². The molecule has 0 aliphatic carbocycles. The van der Waals surface area contributed by atoms with Gasteiger partial charge in [0.15, 0.2) is 21.9 Å². The van der Waals surface area contributed by atoms with Gasteiger partial charge in [0.05, 0.1) is 7.11 Å². The van der Waals surface area contributed by atoms with E-state index in [2.05, 4.69) is 9.97 Å². The minimum Gasteiger partial charge on any atom is -0.497 e. The second-order valence-corrected chi connectivity index (χ2v) is 5.09. The Morgan fingerprint density at radius 2 is 1.57 bits per heavy atom. The Labute approximate surface area is 130 Å². The van der Waals surface area contributed by atoms with Gasteiger partial charge in [0.1, 0.15) is 5.75 Å². The van der Waals surface area contributed by atoms with E-state index in [9.17, 15) is 4.39 Å². The van der Waals surface area contributed by atoms with Crippen molar-refractivity contribution >= 4 is 34.0 Å². The first-order valence-electron chi connectivity index (χ1n) is 6.05. The first-order valence-corrected chi connectivity index (χ1v) is 6.81. The lowest BCUT2D eigenvalue weighted by molar-refractivity contribution is 0.415. The maximum absolute atomic E-state index is 13.4. The van der Waals surface area contributed by atoms with E-state index in [0.29, 0.717) is 5.56 Å². The van der Waals surface area contributed by atoms with Gasteiger partial charge in [0.25, 0.3) is 0 Å². The van der Waals surface area contributed by atoms with Gasteiger partial charge < -0.3 is 4.74 Å². The van der Waals surface area contributed by atoms with Crippen LogP contribution in [0.3, 0.4) is 0 Å². The summed E-state index contributed by atoms with van der Waals surface area (Å²) in [5, 5.41) is 1.41. The summed E-state index contributed by atoms with van der Waals surface area (Å²) < 4.78 is 18.5. The van der Waals surface area contributed by atoms with E-state index in [4.69, 9.17) is 27.9 Å². The molecule has 1 aromatic heterocycles. The van der Waals surface area contributed by atoms with Crippen LogP contribution in [0.4, 0.5) is 4.39 Å². The molecule has 0 amide bonds. The number of hydrogen-bond acceptors (Lipinski definition) is 3. The van der Waals surface area contributed by atoms with Crippen LogP contribution in [0.5, 0.6) is 5.75 Å². The maximum atomic E-state index is 13.4. The van der Waals surface area contributed by atoms with Gasteiger partial charge in [0, 0.05) is 5.56 Å². The summed E-state index contributed by atoms with van der Waals surface area (Å²) in [6.07, 6.45) is 0. The zero-order chi connectivity index (χ0) is 15.0. The smallest absolute Gasteiger partial charge is 0.197 e. The number of fused-ring (bicyclic) bond motifs is 1. The molecule has 0 bridgehead atoms. The standard InChI is InChI=1S/C15H9Cl2FN2O/c1-21-11-5-4-8-6-10(3-2-9(8)7-11)15-19-13(16)12(18)14(17)20-15/h2-7H,1H3. The number of nitrogens with zero attached hydrogens (tertiary/aromatic N) is 2. The van der Waals surface area contributed by atoms with Crippen LogP contribution in [0, 0.1) is 5.82 Å². The predicted molar refractivity (Wildman–Crippen MR) is 81.5 cm³/mol. The number of methoxy groups -OCH3 is 1. The average Bonchev–Trinajstić information content (AvgIpc) is 2.51. The van der Waals surface area contributed by atoms with E-state index in [1.807, 2.05) is 36.4 Å². The van der Waals surface area contributed by atoms with Gasteiger partial charge in [-0.1, -0.05) is 41.4 Å². The Balaban J connectivity index is 2.13. The lowest BCUT2D eigenvalue weighted by Crippen LogP contribution is -1.94. The van der Waals surface area contributed by atoms with E-state index in [1.54, 1.807) is 7.11 Å². The molecule has 0 radical (unpaired) electrons. The molecule has 0 saturated heterocycles. The largest absolute Gasteiger partial charge is 0.497 e. The molecule has 3 rings (SSSR count). The topological polar surface area (TPSA) is 35.0 Å².